The maximum atomic E-state index is 13.3. The Morgan fingerprint density at radius 3 is 1.30 bits per heavy atom. The smallest absolute Gasteiger partial charge is 0.220 e. The van der Waals surface area contributed by atoms with Crippen LogP contribution in [0.5, 0.6) is 0 Å². The van der Waals surface area contributed by atoms with E-state index in [4.69, 9.17) is 28.4 Å². The van der Waals surface area contributed by atoms with Crippen LogP contribution in [0.1, 0.15) is 162 Å². The van der Waals surface area contributed by atoms with E-state index in [1.165, 1.54) is 6.42 Å². The Morgan fingerprint density at radius 2 is 0.814 bits per heavy atom. The Labute approximate surface area is 512 Å². The van der Waals surface area contributed by atoms with Crippen molar-refractivity contribution in [2.45, 2.75) is 266 Å². The lowest BCUT2D eigenvalue weighted by molar-refractivity contribution is -0.379. The van der Waals surface area contributed by atoms with Crippen LogP contribution in [0.3, 0.4) is 0 Å². The van der Waals surface area contributed by atoms with E-state index in [0.717, 1.165) is 122 Å². The molecule has 19 heteroatoms. The van der Waals surface area contributed by atoms with Crippen molar-refractivity contribution in [3.8, 4) is 0 Å². The number of carbonyl (C=O) groups is 1. The van der Waals surface area contributed by atoms with Crippen LogP contribution in [0, 0.1) is 0 Å². The van der Waals surface area contributed by atoms with E-state index in [1.54, 1.807) is 6.08 Å². The lowest BCUT2D eigenvalue weighted by atomic mass is 9.96. The first-order chi connectivity index (χ1) is 41.8. The summed E-state index contributed by atoms with van der Waals surface area (Å²) in [6.07, 6.45) is 38.0. The molecule has 0 aliphatic carbocycles. The second-order valence-corrected chi connectivity index (χ2v) is 22.1. The Morgan fingerprint density at radius 1 is 0.430 bits per heavy atom. The summed E-state index contributed by atoms with van der Waals surface area (Å²) in [4.78, 5) is 13.3. The second kappa shape index (κ2) is 48.1. The van der Waals surface area contributed by atoms with Gasteiger partial charge < -0.3 is 89.9 Å². The van der Waals surface area contributed by atoms with E-state index < -0.39 is 124 Å². The van der Waals surface area contributed by atoms with Crippen molar-refractivity contribution in [1.29, 1.82) is 0 Å². The summed E-state index contributed by atoms with van der Waals surface area (Å²) in [6.45, 7) is 1.46. The van der Waals surface area contributed by atoms with E-state index in [-0.39, 0.29) is 18.9 Å². The molecule has 0 aromatic heterocycles. The van der Waals surface area contributed by atoms with Gasteiger partial charge in [0, 0.05) is 6.42 Å². The summed E-state index contributed by atoms with van der Waals surface area (Å²) in [5.74, 6) is -0.305. The standard InChI is InChI=1S/C67H109NO18/c1-3-5-7-9-11-13-14-15-16-17-18-19-20-21-22-23-24-25-26-27-28-29-30-31-32-33-34-35-36-37-39-41-43-45-55(73)68-50(51(72)44-42-40-38-12-10-8-6-4-2)49-81-65-61(79)58(76)63(53(47-70)83-65)86-67-62(80)59(77)64(54(48-71)84-67)85-66-60(78)57(75)56(74)52(46-69)82-66/h5,7,10-13,15-16,18-19,21-22,24-25,27-28,30-31,42,44,50-54,56-67,69-72,74-80H,3-4,6,8-9,14,17,20,23,26,29,32-41,43,45-49H2,1-2H3,(H,68,73)/b7-5-,12-10+,13-11-,16-15-,19-18-,22-21-,25-24-,28-27-,31-30-,44-42+. The zero-order valence-corrected chi connectivity index (χ0v) is 51.2. The molecule has 0 radical (unpaired) electrons. The second-order valence-electron chi connectivity index (χ2n) is 22.1. The summed E-state index contributed by atoms with van der Waals surface area (Å²) in [5, 5.41) is 120. The molecular formula is C67H109NO18. The molecule has 3 rings (SSSR count). The molecule has 17 unspecified atom stereocenters. The van der Waals surface area contributed by atoms with Crippen LogP contribution >= 0.6 is 0 Å². The van der Waals surface area contributed by atoms with Crippen LogP contribution in [0.15, 0.2) is 122 Å². The quantitative estimate of drug-likeness (QED) is 0.0219. The first-order valence-electron chi connectivity index (χ1n) is 31.8. The number of rotatable bonds is 45. The molecule has 0 aromatic rings. The Kier molecular flexibility index (Phi) is 42.7. The molecule has 3 fully saturated rings. The molecule has 3 aliphatic heterocycles. The van der Waals surface area contributed by atoms with Gasteiger partial charge in [-0.2, -0.15) is 0 Å². The third-order valence-corrected chi connectivity index (χ3v) is 15.0. The van der Waals surface area contributed by atoms with Crippen molar-refractivity contribution in [3.63, 3.8) is 0 Å². The molecule has 3 aliphatic rings. The number of carbonyl (C=O) groups excluding carboxylic acids is 1. The lowest BCUT2D eigenvalue weighted by Crippen LogP contribution is -2.66. The van der Waals surface area contributed by atoms with Crippen molar-refractivity contribution in [1.82, 2.24) is 5.32 Å². The number of aliphatic hydroxyl groups is 11. The zero-order chi connectivity index (χ0) is 62.6. The third kappa shape index (κ3) is 30.6. The van der Waals surface area contributed by atoms with Crippen molar-refractivity contribution >= 4 is 5.91 Å². The van der Waals surface area contributed by atoms with Gasteiger partial charge in [-0.15, -0.1) is 0 Å². The van der Waals surface area contributed by atoms with Crippen LogP contribution < -0.4 is 5.32 Å². The van der Waals surface area contributed by atoms with Crippen molar-refractivity contribution in [2.75, 3.05) is 26.4 Å². The number of unbranched alkanes of at least 4 members (excludes halogenated alkanes) is 11. The predicted octanol–water partition coefficient (Wildman–Crippen LogP) is 6.87. The van der Waals surface area contributed by atoms with E-state index in [1.807, 2.05) is 6.08 Å². The van der Waals surface area contributed by atoms with Crippen molar-refractivity contribution in [3.05, 3.63) is 122 Å². The highest BCUT2D eigenvalue weighted by Crippen LogP contribution is 2.33. The van der Waals surface area contributed by atoms with Gasteiger partial charge in [0.05, 0.1) is 38.6 Å². The van der Waals surface area contributed by atoms with Gasteiger partial charge in [-0.1, -0.05) is 187 Å². The third-order valence-electron chi connectivity index (χ3n) is 15.0. The first kappa shape index (κ1) is 76.4. The molecule has 3 saturated heterocycles. The molecule has 0 saturated carbocycles. The van der Waals surface area contributed by atoms with Crippen molar-refractivity contribution in [2.24, 2.45) is 0 Å². The number of nitrogens with one attached hydrogen (secondary N) is 1. The molecular weight excluding hydrogens is 1110 g/mol. The summed E-state index contributed by atoms with van der Waals surface area (Å²) < 4.78 is 34.1. The number of hydrogen-bond acceptors (Lipinski definition) is 18. The van der Waals surface area contributed by atoms with Gasteiger partial charge in [-0.3, -0.25) is 4.79 Å². The fourth-order valence-electron chi connectivity index (χ4n) is 9.79. The van der Waals surface area contributed by atoms with Gasteiger partial charge in [-0.25, -0.2) is 0 Å². The van der Waals surface area contributed by atoms with Gasteiger partial charge in [0.15, 0.2) is 18.9 Å². The van der Waals surface area contributed by atoms with E-state index in [9.17, 15) is 61.0 Å². The van der Waals surface area contributed by atoms with Crippen LogP contribution in [0.2, 0.25) is 0 Å². The number of ether oxygens (including phenoxy) is 6. The molecule has 0 spiro atoms. The van der Waals surface area contributed by atoms with Gasteiger partial charge in [0.25, 0.3) is 0 Å². The van der Waals surface area contributed by atoms with E-state index >= 15 is 0 Å². The highest BCUT2D eigenvalue weighted by Gasteiger charge is 2.53. The fraction of sp³-hybridized carbons (Fsp3) is 0.687. The van der Waals surface area contributed by atoms with Crippen LogP contribution in [-0.2, 0) is 33.2 Å². The molecule has 0 bridgehead atoms. The highest BCUT2D eigenvalue weighted by atomic mass is 16.8. The average Bonchev–Trinajstić information content (AvgIpc) is 3.55. The Hall–Kier alpha value is -3.81. The molecule has 0 aromatic carbocycles. The molecule has 1 amide bonds. The maximum absolute atomic E-state index is 13.3. The SMILES string of the molecule is CC/C=C\C/C=C\C/C=C\C/C=C\C/C=C\C/C=C\C/C=C\C/C=C\CCCCCCCCCCC(=O)NC(COC1OC(CO)C(OC2OC(CO)C(OC3OC(CO)C(O)C(O)C3O)C(O)C2O)C(O)C1O)C(O)/C=C/CC/C=C/CCCC. The van der Waals surface area contributed by atoms with Gasteiger partial charge in [0.1, 0.15) is 73.2 Å². The Bertz CT molecular complexity index is 2030. The largest absolute Gasteiger partial charge is 0.394 e. The number of aliphatic hydroxyl groups excluding tert-OH is 11. The van der Waals surface area contributed by atoms with Crippen molar-refractivity contribution < 1.29 is 89.4 Å². The predicted molar refractivity (Wildman–Crippen MR) is 332 cm³/mol. The van der Waals surface area contributed by atoms with Crippen LogP contribution in [0.25, 0.3) is 0 Å². The molecule has 19 nitrogen and oxygen atoms in total. The zero-order valence-electron chi connectivity index (χ0n) is 51.2. The van der Waals surface area contributed by atoms with Gasteiger partial charge in [0.2, 0.25) is 5.91 Å². The lowest BCUT2D eigenvalue weighted by Gasteiger charge is -2.48. The monoisotopic (exact) mass is 1220 g/mol. The summed E-state index contributed by atoms with van der Waals surface area (Å²) >= 11 is 0. The maximum Gasteiger partial charge on any atom is 0.220 e. The highest BCUT2D eigenvalue weighted by molar-refractivity contribution is 5.76. The van der Waals surface area contributed by atoms with E-state index in [0.29, 0.717) is 12.8 Å². The topological polar surface area (TPSA) is 307 Å². The minimum Gasteiger partial charge on any atom is -0.394 e. The summed E-state index contributed by atoms with van der Waals surface area (Å²) in [7, 11) is 0. The average molecular weight is 1220 g/mol. The minimum absolute atomic E-state index is 0.216. The fourth-order valence-corrected chi connectivity index (χ4v) is 9.79. The van der Waals surface area contributed by atoms with Gasteiger partial charge in [-0.05, 0) is 89.9 Å². The molecule has 86 heavy (non-hydrogen) atoms. The van der Waals surface area contributed by atoms with Crippen LogP contribution in [0.4, 0.5) is 0 Å². The molecule has 490 valence electrons. The molecule has 12 N–H and O–H groups in total. The van der Waals surface area contributed by atoms with Gasteiger partial charge >= 0.3 is 0 Å². The number of amides is 1. The Balaban J connectivity index is 1.36. The number of allylic oxidation sites excluding steroid dienone is 19. The van der Waals surface area contributed by atoms with Crippen LogP contribution in [-0.4, -0.2) is 193 Å². The first-order valence-corrected chi connectivity index (χ1v) is 31.8. The van der Waals surface area contributed by atoms with E-state index in [2.05, 4.69) is 129 Å². The summed E-state index contributed by atoms with van der Waals surface area (Å²) in [5.41, 5.74) is 0. The molecule has 17 atom stereocenters. The normalized spacial score (nSPS) is 29.6. The summed E-state index contributed by atoms with van der Waals surface area (Å²) in [6, 6.07) is -1.00. The minimum atomic E-state index is -1.99. The number of hydrogen-bond donors (Lipinski definition) is 12. The molecule has 3 heterocycles.